The number of rotatable bonds is 3. The van der Waals surface area contributed by atoms with E-state index in [-0.39, 0.29) is 11.7 Å². The van der Waals surface area contributed by atoms with E-state index in [9.17, 15) is 8.42 Å². The summed E-state index contributed by atoms with van der Waals surface area (Å²) < 4.78 is 29.6. The summed E-state index contributed by atoms with van der Waals surface area (Å²) in [6.45, 7) is 1.50. The summed E-state index contributed by atoms with van der Waals surface area (Å²) in [7, 11) is -3.29. The second kappa shape index (κ2) is 5.45. The molecular weight excluding hydrogens is 414 g/mol. The van der Waals surface area contributed by atoms with Gasteiger partial charge in [-0.15, -0.1) is 0 Å². The van der Waals surface area contributed by atoms with Gasteiger partial charge in [0.25, 0.3) is 5.89 Å². The van der Waals surface area contributed by atoms with E-state index in [0.29, 0.717) is 15.7 Å². The van der Waals surface area contributed by atoms with Crippen LogP contribution in [-0.2, 0) is 9.84 Å². The van der Waals surface area contributed by atoms with Crippen LogP contribution < -0.4 is 5.73 Å². The molecule has 1 heterocycles. The van der Waals surface area contributed by atoms with E-state index < -0.39 is 15.1 Å². The van der Waals surface area contributed by atoms with Crippen molar-refractivity contribution in [3.05, 3.63) is 26.9 Å². The maximum Gasteiger partial charge on any atom is 0.260 e. The Hall–Kier alpha value is -0.930. The number of nitrogens with two attached hydrogens (primary N) is 1. The number of nitrogens with zero attached hydrogens (tertiary/aromatic N) is 2. The highest BCUT2D eigenvalue weighted by molar-refractivity contribution is 9.11. The fraction of sp³-hybridized carbons (Fsp3) is 0.273. The molecule has 0 saturated heterocycles. The monoisotopic (exact) mass is 423 g/mol. The molecule has 0 amide bonds. The molecule has 0 aliphatic heterocycles. The maximum absolute atomic E-state index is 11.5. The van der Waals surface area contributed by atoms with Crippen molar-refractivity contribution in [3.63, 3.8) is 0 Å². The molecule has 1 aromatic carbocycles. The summed E-state index contributed by atoms with van der Waals surface area (Å²) in [5.74, 6) is 0.285. The molecule has 0 aliphatic carbocycles. The Kier molecular flexibility index (Phi) is 4.22. The SMILES string of the molecule is CC(c1noc(-c2cc(Br)cc(Br)c2N)n1)S(C)(=O)=O. The third kappa shape index (κ3) is 3.04. The molecule has 2 rings (SSSR count). The van der Waals surface area contributed by atoms with Crippen molar-refractivity contribution in [2.45, 2.75) is 12.2 Å². The van der Waals surface area contributed by atoms with E-state index in [2.05, 4.69) is 42.0 Å². The van der Waals surface area contributed by atoms with Crippen LogP contribution in [0.5, 0.6) is 0 Å². The smallest absolute Gasteiger partial charge is 0.260 e. The van der Waals surface area contributed by atoms with Gasteiger partial charge < -0.3 is 10.3 Å². The van der Waals surface area contributed by atoms with Crippen molar-refractivity contribution < 1.29 is 12.9 Å². The molecule has 20 heavy (non-hydrogen) atoms. The van der Waals surface area contributed by atoms with E-state index in [1.807, 2.05) is 0 Å². The van der Waals surface area contributed by atoms with Gasteiger partial charge in [-0.2, -0.15) is 4.98 Å². The molecule has 0 spiro atoms. The van der Waals surface area contributed by atoms with Crippen LogP contribution in [-0.4, -0.2) is 24.8 Å². The third-order valence-electron chi connectivity index (χ3n) is 2.77. The molecule has 0 fully saturated rings. The van der Waals surface area contributed by atoms with Gasteiger partial charge in [0.05, 0.1) is 11.3 Å². The predicted molar refractivity (Wildman–Crippen MR) is 82.8 cm³/mol. The second-order valence-corrected chi connectivity index (χ2v) is 8.41. The van der Waals surface area contributed by atoms with Crippen molar-refractivity contribution in [3.8, 4) is 11.5 Å². The molecule has 1 atom stereocenters. The van der Waals surface area contributed by atoms with Gasteiger partial charge in [0, 0.05) is 15.2 Å². The van der Waals surface area contributed by atoms with Crippen LogP contribution in [0, 0.1) is 0 Å². The Labute approximate surface area is 132 Å². The molecule has 1 unspecified atom stereocenters. The largest absolute Gasteiger partial charge is 0.397 e. The predicted octanol–water partition coefficient (Wildman–Crippen LogP) is 2.95. The zero-order valence-electron chi connectivity index (χ0n) is 10.6. The quantitative estimate of drug-likeness (QED) is 0.760. The Morgan fingerprint density at radius 1 is 1.35 bits per heavy atom. The number of benzene rings is 1. The van der Waals surface area contributed by atoms with Crippen molar-refractivity contribution in [2.75, 3.05) is 12.0 Å². The number of nitrogen functional groups attached to an aromatic ring is 1. The minimum atomic E-state index is -3.29. The van der Waals surface area contributed by atoms with Gasteiger partial charge in [0.1, 0.15) is 5.25 Å². The Bertz CT molecular complexity index is 758. The fourth-order valence-corrected chi connectivity index (χ4v) is 3.17. The first-order valence-electron chi connectivity index (χ1n) is 5.47. The zero-order valence-corrected chi connectivity index (χ0v) is 14.6. The molecule has 0 aliphatic rings. The molecule has 1 aromatic heterocycles. The Morgan fingerprint density at radius 3 is 2.60 bits per heavy atom. The minimum absolute atomic E-state index is 0.109. The van der Waals surface area contributed by atoms with Crippen LogP contribution in [0.3, 0.4) is 0 Å². The van der Waals surface area contributed by atoms with Crippen molar-refractivity contribution in [1.29, 1.82) is 0 Å². The number of hydrogen-bond acceptors (Lipinski definition) is 6. The van der Waals surface area contributed by atoms with Gasteiger partial charge in [0.2, 0.25) is 0 Å². The fourth-order valence-electron chi connectivity index (χ4n) is 1.46. The summed E-state index contributed by atoms with van der Waals surface area (Å²) in [5.41, 5.74) is 6.91. The minimum Gasteiger partial charge on any atom is -0.397 e. The zero-order chi connectivity index (χ0) is 15.1. The first kappa shape index (κ1) is 15.5. The summed E-state index contributed by atoms with van der Waals surface area (Å²) in [4.78, 5) is 4.11. The molecular formula is C11H11Br2N3O3S. The van der Waals surface area contributed by atoms with E-state index in [1.165, 1.54) is 6.92 Å². The summed E-state index contributed by atoms with van der Waals surface area (Å²) in [6.07, 6.45) is 1.12. The lowest BCUT2D eigenvalue weighted by Crippen LogP contribution is -2.09. The molecule has 0 radical (unpaired) electrons. The van der Waals surface area contributed by atoms with Gasteiger partial charge in [-0.25, -0.2) is 8.42 Å². The lowest BCUT2D eigenvalue weighted by molar-refractivity contribution is 0.422. The van der Waals surface area contributed by atoms with Crippen LogP contribution in [0.25, 0.3) is 11.5 Å². The van der Waals surface area contributed by atoms with E-state index in [0.717, 1.165) is 10.7 Å². The molecule has 0 saturated carbocycles. The van der Waals surface area contributed by atoms with Gasteiger partial charge in [-0.05, 0) is 35.0 Å². The van der Waals surface area contributed by atoms with Crippen LogP contribution in [0.15, 0.2) is 25.6 Å². The molecule has 2 aromatic rings. The van der Waals surface area contributed by atoms with Crippen molar-refractivity contribution in [1.82, 2.24) is 10.1 Å². The second-order valence-electron chi connectivity index (χ2n) is 4.28. The first-order valence-corrected chi connectivity index (χ1v) is 9.01. The molecule has 108 valence electrons. The number of hydrogen-bond donors (Lipinski definition) is 1. The molecule has 0 bridgehead atoms. The highest BCUT2D eigenvalue weighted by Gasteiger charge is 2.24. The summed E-state index contributed by atoms with van der Waals surface area (Å²) in [6, 6.07) is 3.51. The average Bonchev–Trinajstić information content (AvgIpc) is 2.80. The van der Waals surface area contributed by atoms with E-state index in [4.69, 9.17) is 10.3 Å². The van der Waals surface area contributed by atoms with Crippen LogP contribution in [0.4, 0.5) is 5.69 Å². The van der Waals surface area contributed by atoms with Crippen molar-refractivity contribution >= 4 is 47.4 Å². The van der Waals surface area contributed by atoms with Gasteiger partial charge in [-0.1, -0.05) is 21.1 Å². The number of sulfone groups is 1. The number of anilines is 1. The van der Waals surface area contributed by atoms with E-state index >= 15 is 0 Å². The molecule has 6 nitrogen and oxygen atoms in total. The summed E-state index contributed by atoms with van der Waals surface area (Å²) >= 11 is 6.66. The van der Waals surface area contributed by atoms with Gasteiger partial charge in [0.15, 0.2) is 15.7 Å². The van der Waals surface area contributed by atoms with Crippen molar-refractivity contribution in [2.24, 2.45) is 0 Å². The topological polar surface area (TPSA) is 99.1 Å². The first-order chi connectivity index (χ1) is 9.20. The Balaban J connectivity index is 2.49. The average molecular weight is 425 g/mol. The number of halogens is 2. The molecule has 2 N–H and O–H groups in total. The highest BCUT2D eigenvalue weighted by Crippen LogP contribution is 2.35. The number of aromatic nitrogens is 2. The molecule has 9 heteroatoms. The van der Waals surface area contributed by atoms with E-state index in [1.54, 1.807) is 12.1 Å². The van der Waals surface area contributed by atoms with Crippen LogP contribution in [0.1, 0.15) is 18.0 Å². The Morgan fingerprint density at radius 2 is 2.00 bits per heavy atom. The third-order valence-corrected chi connectivity index (χ3v) is 5.38. The lowest BCUT2D eigenvalue weighted by atomic mass is 10.2. The highest BCUT2D eigenvalue weighted by atomic mass is 79.9. The van der Waals surface area contributed by atoms with Gasteiger partial charge >= 0.3 is 0 Å². The standard InChI is InChI=1S/C11H11Br2N3O3S/c1-5(20(2,17)18)10-15-11(19-16-10)7-3-6(12)4-8(13)9(7)14/h3-5H,14H2,1-2H3. The maximum atomic E-state index is 11.5. The normalized spacial score (nSPS) is 13.4. The van der Waals surface area contributed by atoms with Gasteiger partial charge in [-0.3, -0.25) is 0 Å². The van der Waals surface area contributed by atoms with Crippen LogP contribution >= 0.6 is 31.9 Å². The van der Waals surface area contributed by atoms with Crippen LogP contribution in [0.2, 0.25) is 0 Å². The summed E-state index contributed by atoms with van der Waals surface area (Å²) in [5, 5.41) is 2.87. The lowest BCUT2D eigenvalue weighted by Gasteiger charge is -2.04.